The van der Waals surface area contributed by atoms with Gasteiger partial charge in [0.25, 0.3) is 5.56 Å². The molecule has 2 heterocycles. The summed E-state index contributed by atoms with van der Waals surface area (Å²) in [6, 6.07) is -0.404. The molecular weight excluding hydrogens is 238 g/mol. The first-order valence-electron chi connectivity index (χ1n) is 5.65. The van der Waals surface area contributed by atoms with Crippen LogP contribution in [0.15, 0.2) is 11.1 Å². The molecule has 0 amide bonds. The van der Waals surface area contributed by atoms with Crippen molar-refractivity contribution >= 4 is 11.8 Å². The predicted octanol–water partition coefficient (Wildman–Crippen LogP) is -0.0797. The average Bonchev–Trinajstić information content (AvgIpc) is 2.86. The normalized spacial score (nSPS) is 18.8. The molecule has 1 unspecified atom stereocenters. The fourth-order valence-corrected chi connectivity index (χ4v) is 2.17. The van der Waals surface area contributed by atoms with Gasteiger partial charge < -0.3 is 19.4 Å². The summed E-state index contributed by atoms with van der Waals surface area (Å²) in [4.78, 5) is 31.6. The first-order chi connectivity index (χ1) is 8.69. The van der Waals surface area contributed by atoms with Crippen molar-refractivity contribution in [2.75, 3.05) is 25.7 Å². The molecule has 1 fully saturated rings. The molecule has 1 saturated heterocycles. The molecule has 1 aliphatic rings. The summed E-state index contributed by atoms with van der Waals surface area (Å²) in [5.74, 6) is 0.180. The van der Waals surface area contributed by atoms with Crippen molar-refractivity contribution in [2.45, 2.75) is 18.9 Å². The summed E-state index contributed by atoms with van der Waals surface area (Å²) in [7, 11) is 2.75. The Morgan fingerprint density at radius 1 is 1.56 bits per heavy atom. The summed E-state index contributed by atoms with van der Waals surface area (Å²) in [5, 5.41) is 0. The molecule has 7 nitrogen and oxygen atoms in total. The van der Waals surface area contributed by atoms with Crippen LogP contribution in [0.1, 0.15) is 12.8 Å². The Labute approximate surface area is 104 Å². The molecule has 1 aromatic rings. The van der Waals surface area contributed by atoms with Gasteiger partial charge >= 0.3 is 5.97 Å². The average molecular weight is 253 g/mol. The Morgan fingerprint density at radius 3 is 3.00 bits per heavy atom. The van der Waals surface area contributed by atoms with Gasteiger partial charge in [0.15, 0.2) is 5.82 Å². The highest BCUT2D eigenvalue weighted by Crippen LogP contribution is 2.29. The van der Waals surface area contributed by atoms with E-state index in [2.05, 4.69) is 9.97 Å². The van der Waals surface area contributed by atoms with Gasteiger partial charge in [-0.2, -0.15) is 0 Å². The van der Waals surface area contributed by atoms with E-state index >= 15 is 0 Å². The quantitative estimate of drug-likeness (QED) is 0.758. The van der Waals surface area contributed by atoms with Gasteiger partial charge in [-0.05, 0) is 12.8 Å². The molecular formula is C11H15N3O4. The number of aromatic amines is 1. The number of carbonyl (C=O) groups excluding carboxylic acids is 1. The molecule has 2 rings (SSSR count). The van der Waals surface area contributed by atoms with Crippen molar-refractivity contribution in [3.63, 3.8) is 0 Å². The molecule has 0 spiro atoms. The molecule has 1 atom stereocenters. The molecule has 1 N–H and O–H groups in total. The van der Waals surface area contributed by atoms with Crippen LogP contribution < -0.4 is 15.2 Å². The maximum atomic E-state index is 11.7. The zero-order valence-electron chi connectivity index (χ0n) is 10.3. The minimum Gasteiger partial charge on any atom is -0.489 e. The molecule has 0 bridgehead atoms. The fraction of sp³-hybridized carbons (Fsp3) is 0.545. The number of H-pyrrole nitrogens is 1. The molecule has 0 radical (unpaired) electrons. The van der Waals surface area contributed by atoms with Crippen LogP contribution in [-0.2, 0) is 9.53 Å². The Hall–Kier alpha value is -2.05. The third-order valence-electron chi connectivity index (χ3n) is 2.99. The molecule has 7 heteroatoms. The van der Waals surface area contributed by atoms with E-state index in [9.17, 15) is 9.59 Å². The third kappa shape index (κ3) is 2.03. The Bertz CT molecular complexity index is 499. The van der Waals surface area contributed by atoms with Crippen LogP contribution in [0.2, 0.25) is 0 Å². The second-order valence-electron chi connectivity index (χ2n) is 3.96. The number of carbonyl (C=O) groups is 1. The maximum absolute atomic E-state index is 11.7. The van der Waals surface area contributed by atoms with E-state index in [-0.39, 0.29) is 17.3 Å². The molecule has 1 aromatic heterocycles. The number of ether oxygens (including phenoxy) is 2. The fourth-order valence-electron chi connectivity index (χ4n) is 2.17. The van der Waals surface area contributed by atoms with Gasteiger partial charge in [-0.25, -0.2) is 9.78 Å². The first-order valence-corrected chi connectivity index (χ1v) is 5.65. The highest BCUT2D eigenvalue weighted by molar-refractivity contribution is 5.80. The van der Waals surface area contributed by atoms with E-state index in [1.165, 1.54) is 20.5 Å². The molecule has 0 aliphatic carbocycles. The topological polar surface area (TPSA) is 84.5 Å². The Morgan fingerprint density at radius 2 is 2.33 bits per heavy atom. The number of nitrogens with zero attached hydrogens (tertiary/aromatic N) is 2. The lowest BCUT2D eigenvalue weighted by molar-refractivity contribution is -0.141. The van der Waals surface area contributed by atoms with Crippen LogP contribution in [0.3, 0.4) is 0 Å². The number of anilines is 1. The predicted molar refractivity (Wildman–Crippen MR) is 63.8 cm³/mol. The highest BCUT2D eigenvalue weighted by atomic mass is 16.5. The van der Waals surface area contributed by atoms with Crippen molar-refractivity contribution in [1.82, 2.24) is 9.97 Å². The largest absolute Gasteiger partial charge is 0.489 e. The molecule has 18 heavy (non-hydrogen) atoms. The van der Waals surface area contributed by atoms with E-state index < -0.39 is 6.04 Å². The number of hydrogen-bond donors (Lipinski definition) is 1. The zero-order chi connectivity index (χ0) is 13.1. The second kappa shape index (κ2) is 5.07. The maximum Gasteiger partial charge on any atom is 0.328 e. The number of rotatable bonds is 3. The van der Waals surface area contributed by atoms with Crippen molar-refractivity contribution in [3.05, 3.63) is 16.7 Å². The molecule has 1 aliphatic heterocycles. The van der Waals surface area contributed by atoms with Crippen molar-refractivity contribution in [1.29, 1.82) is 0 Å². The molecule has 98 valence electrons. The van der Waals surface area contributed by atoms with Gasteiger partial charge in [-0.3, -0.25) is 4.79 Å². The second-order valence-corrected chi connectivity index (χ2v) is 3.96. The van der Waals surface area contributed by atoms with Crippen LogP contribution in [0.4, 0.5) is 5.82 Å². The van der Waals surface area contributed by atoms with Crippen LogP contribution in [0.5, 0.6) is 5.75 Å². The van der Waals surface area contributed by atoms with Crippen LogP contribution >= 0.6 is 0 Å². The minimum absolute atomic E-state index is 0.119. The highest BCUT2D eigenvalue weighted by Gasteiger charge is 2.34. The number of hydrogen-bond acceptors (Lipinski definition) is 6. The van der Waals surface area contributed by atoms with Crippen molar-refractivity contribution < 1.29 is 14.3 Å². The molecule has 0 aromatic carbocycles. The molecule has 0 saturated carbocycles. The van der Waals surface area contributed by atoms with Gasteiger partial charge in [0.1, 0.15) is 6.04 Å². The Kier molecular flexibility index (Phi) is 3.50. The lowest BCUT2D eigenvalue weighted by Gasteiger charge is -2.24. The Balaban J connectivity index is 2.39. The minimum atomic E-state index is -0.404. The smallest absolute Gasteiger partial charge is 0.328 e. The van der Waals surface area contributed by atoms with Crippen molar-refractivity contribution in [2.24, 2.45) is 0 Å². The summed E-state index contributed by atoms with van der Waals surface area (Å²) in [6.45, 7) is 0.645. The van der Waals surface area contributed by atoms with Crippen LogP contribution in [-0.4, -0.2) is 42.7 Å². The third-order valence-corrected chi connectivity index (χ3v) is 2.99. The summed E-state index contributed by atoms with van der Waals surface area (Å²) in [6.07, 6.45) is 2.83. The lowest BCUT2D eigenvalue weighted by atomic mass is 10.2. The number of esters is 1. The van der Waals surface area contributed by atoms with Gasteiger partial charge in [0.2, 0.25) is 5.75 Å². The number of aromatic nitrogens is 2. The number of nitrogens with one attached hydrogen (secondary N) is 1. The standard InChI is InChI=1S/C11H15N3O4/c1-17-8-9(12-6-13-10(8)15)14-5-3-4-7(14)11(16)18-2/h6-7H,3-5H2,1-2H3,(H,12,13,15). The van der Waals surface area contributed by atoms with E-state index in [0.29, 0.717) is 18.8 Å². The van der Waals surface area contributed by atoms with E-state index in [1.807, 2.05) is 0 Å². The SMILES string of the molecule is COC(=O)C1CCCN1c1nc[nH]c(=O)c1OC. The van der Waals surface area contributed by atoms with Gasteiger partial charge in [0, 0.05) is 6.54 Å². The van der Waals surface area contributed by atoms with E-state index in [4.69, 9.17) is 9.47 Å². The summed E-state index contributed by atoms with van der Waals surface area (Å²) in [5.41, 5.74) is -0.363. The number of methoxy groups -OCH3 is 2. The van der Waals surface area contributed by atoms with Crippen molar-refractivity contribution in [3.8, 4) is 5.75 Å². The van der Waals surface area contributed by atoms with Gasteiger partial charge in [-0.1, -0.05) is 0 Å². The summed E-state index contributed by atoms with van der Waals surface area (Å²) >= 11 is 0. The van der Waals surface area contributed by atoms with Gasteiger partial charge in [-0.15, -0.1) is 0 Å². The van der Waals surface area contributed by atoms with Gasteiger partial charge in [0.05, 0.1) is 20.5 Å². The zero-order valence-corrected chi connectivity index (χ0v) is 10.3. The van der Waals surface area contributed by atoms with Crippen LogP contribution in [0, 0.1) is 0 Å². The van der Waals surface area contributed by atoms with Crippen LogP contribution in [0.25, 0.3) is 0 Å². The van der Waals surface area contributed by atoms with E-state index in [0.717, 1.165) is 6.42 Å². The monoisotopic (exact) mass is 253 g/mol. The lowest BCUT2D eigenvalue weighted by Crippen LogP contribution is -2.38. The van der Waals surface area contributed by atoms with E-state index in [1.54, 1.807) is 4.90 Å². The first kappa shape index (κ1) is 12.4. The summed E-state index contributed by atoms with van der Waals surface area (Å²) < 4.78 is 9.80.